The maximum atomic E-state index is 12.4. The van der Waals surface area contributed by atoms with Crippen LogP contribution in [0.5, 0.6) is 5.75 Å². The third kappa shape index (κ3) is 5.26. The molecule has 1 aromatic heterocycles. The van der Waals surface area contributed by atoms with Gasteiger partial charge in [-0.25, -0.2) is 0 Å². The standard InChI is InChI=1S/C24H23N3O4/c1-16(28)21-12-11-20(15-25-21)30-23-13-22(31-27-23)18-7-9-19(10-8-18)24(29)26-14-17-5-3-2-4-6-17/h2-12,15-16,22,28H,13-14H2,1H3,(H,26,29)/t16?,22-/m1/s1. The Morgan fingerprint density at radius 2 is 1.94 bits per heavy atom. The number of hydrogen-bond acceptors (Lipinski definition) is 6. The molecule has 0 saturated carbocycles. The molecule has 7 heteroatoms. The molecule has 1 aliphatic heterocycles. The molecule has 4 rings (SSSR count). The summed E-state index contributed by atoms with van der Waals surface area (Å²) in [7, 11) is 0. The minimum Gasteiger partial charge on any atom is -0.438 e. The van der Waals surface area contributed by atoms with Crippen molar-refractivity contribution in [2.24, 2.45) is 5.16 Å². The van der Waals surface area contributed by atoms with E-state index in [9.17, 15) is 9.90 Å². The van der Waals surface area contributed by atoms with E-state index in [0.29, 0.717) is 35.9 Å². The number of amides is 1. The highest BCUT2D eigenvalue weighted by atomic mass is 16.7. The molecule has 0 spiro atoms. The Bertz CT molecular complexity index is 1050. The number of hydrogen-bond donors (Lipinski definition) is 2. The highest BCUT2D eigenvalue weighted by Gasteiger charge is 2.25. The number of aliphatic hydroxyl groups excluding tert-OH is 1. The summed E-state index contributed by atoms with van der Waals surface area (Å²) in [5, 5.41) is 16.4. The molecule has 0 saturated heterocycles. The summed E-state index contributed by atoms with van der Waals surface area (Å²) in [6, 6.07) is 20.5. The Kier molecular flexibility index (Phi) is 6.24. The van der Waals surface area contributed by atoms with Gasteiger partial charge in [0.25, 0.3) is 5.91 Å². The van der Waals surface area contributed by atoms with Crippen LogP contribution < -0.4 is 10.1 Å². The van der Waals surface area contributed by atoms with Crippen LogP contribution in [0.1, 0.15) is 52.7 Å². The molecule has 0 bridgehead atoms. The predicted molar refractivity (Wildman–Crippen MR) is 115 cm³/mol. The number of nitrogens with zero attached hydrogens (tertiary/aromatic N) is 2. The predicted octanol–water partition coefficient (Wildman–Crippen LogP) is 3.92. The van der Waals surface area contributed by atoms with Crippen molar-refractivity contribution in [3.63, 3.8) is 0 Å². The van der Waals surface area contributed by atoms with Gasteiger partial charge in [-0.15, -0.1) is 0 Å². The lowest BCUT2D eigenvalue weighted by Gasteiger charge is -2.10. The fourth-order valence-electron chi connectivity index (χ4n) is 3.16. The Morgan fingerprint density at radius 3 is 2.61 bits per heavy atom. The van der Waals surface area contributed by atoms with Crippen LogP contribution in [0.15, 0.2) is 78.1 Å². The van der Waals surface area contributed by atoms with Crippen LogP contribution in [0.25, 0.3) is 0 Å². The zero-order valence-corrected chi connectivity index (χ0v) is 17.1. The lowest BCUT2D eigenvalue weighted by atomic mass is 10.0. The highest BCUT2D eigenvalue weighted by Crippen LogP contribution is 2.28. The number of nitrogens with one attached hydrogen (secondary N) is 1. The van der Waals surface area contributed by atoms with Gasteiger partial charge in [-0.3, -0.25) is 9.78 Å². The van der Waals surface area contributed by atoms with E-state index < -0.39 is 6.10 Å². The van der Waals surface area contributed by atoms with Crippen molar-refractivity contribution in [2.45, 2.75) is 32.1 Å². The van der Waals surface area contributed by atoms with Crippen LogP contribution >= 0.6 is 0 Å². The second kappa shape index (κ2) is 9.40. The summed E-state index contributed by atoms with van der Waals surface area (Å²) in [4.78, 5) is 22.0. The molecule has 2 atom stereocenters. The van der Waals surface area contributed by atoms with Crippen molar-refractivity contribution in [3.8, 4) is 5.75 Å². The van der Waals surface area contributed by atoms with Crippen LogP contribution in [-0.2, 0) is 11.4 Å². The molecule has 2 N–H and O–H groups in total. The van der Waals surface area contributed by atoms with Crippen LogP contribution in [0.4, 0.5) is 0 Å². The van der Waals surface area contributed by atoms with Crippen molar-refractivity contribution < 1.29 is 19.5 Å². The third-order valence-electron chi connectivity index (χ3n) is 4.91. The van der Waals surface area contributed by atoms with Gasteiger partial charge in [0.05, 0.1) is 24.4 Å². The molecule has 3 aromatic rings. The van der Waals surface area contributed by atoms with E-state index in [1.165, 1.54) is 0 Å². The van der Waals surface area contributed by atoms with Gasteiger partial charge in [-0.1, -0.05) is 47.6 Å². The van der Waals surface area contributed by atoms with E-state index in [1.807, 2.05) is 42.5 Å². The second-order valence-electron chi connectivity index (χ2n) is 7.27. The first kappa shape index (κ1) is 20.6. The van der Waals surface area contributed by atoms with E-state index >= 15 is 0 Å². The molecule has 0 aliphatic carbocycles. The third-order valence-corrected chi connectivity index (χ3v) is 4.91. The molecule has 0 radical (unpaired) electrons. The van der Waals surface area contributed by atoms with Crippen LogP contribution in [0, 0.1) is 0 Å². The van der Waals surface area contributed by atoms with E-state index in [-0.39, 0.29) is 12.0 Å². The molecule has 2 heterocycles. The van der Waals surface area contributed by atoms with Gasteiger partial charge in [0.2, 0.25) is 5.90 Å². The smallest absolute Gasteiger partial charge is 0.251 e. The molecule has 1 aliphatic rings. The maximum absolute atomic E-state index is 12.4. The minimum absolute atomic E-state index is 0.129. The molecule has 1 unspecified atom stereocenters. The monoisotopic (exact) mass is 417 g/mol. The van der Waals surface area contributed by atoms with Gasteiger partial charge in [0.1, 0.15) is 5.75 Å². The summed E-state index contributed by atoms with van der Waals surface area (Å²) in [5.74, 6) is 0.843. The molecule has 0 fully saturated rings. The summed E-state index contributed by atoms with van der Waals surface area (Å²) in [5.41, 5.74) is 3.11. The van der Waals surface area contributed by atoms with Gasteiger partial charge in [0.15, 0.2) is 6.10 Å². The van der Waals surface area contributed by atoms with Crippen molar-refractivity contribution in [2.75, 3.05) is 0 Å². The van der Waals surface area contributed by atoms with E-state index in [1.54, 1.807) is 37.4 Å². The molecular formula is C24H23N3O4. The van der Waals surface area contributed by atoms with Crippen molar-refractivity contribution in [1.82, 2.24) is 10.3 Å². The number of carbonyl (C=O) groups is 1. The van der Waals surface area contributed by atoms with Gasteiger partial charge >= 0.3 is 0 Å². The molecule has 2 aromatic carbocycles. The number of pyridine rings is 1. The largest absolute Gasteiger partial charge is 0.438 e. The zero-order chi connectivity index (χ0) is 21.6. The van der Waals surface area contributed by atoms with Gasteiger partial charge < -0.3 is 20.0 Å². The molecule has 31 heavy (non-hydrogen) atoms. The van der Waals surface area contributed by atoms with Gasteiger partial charge in [0, 0.05) is 12.1 Å². The Balaban J connectivity index is 1.30. The molecule has 7 nitrogen and oxygen atoms in total. The summed E-state index contributed by atoms with van der Waals surface area (Å²) in [6.45, 7) is 2.13. The summed E-state index contributed by atoms with van der Waals surface area (Å²) < 4.78 is 5.71. The normalized spacial score (nSPS) is 16.2. The average molecular weight is 417 g/mol. The summed E-state index contributed by atoms with van der Waals surface area (Å²) in [6.07, 6.45) is 1.11. The van der Waals surface area contributed by atoms with Gasteiger partial charge in [-0.05, 0) is 42.3 Å². The van der Waals surface area contributed by atoms with Crippen LogP contribution in [0.2, 0.25) is 0 Å². The fourth-order valence-corrected chi connectivity index (χ4v) is 3.16. The maximum Gasteiger partial charge on any atom is 0.251 e. The Hall–Kier alpha value is -3.71. The SMILES string of the molecule is CC(O)c1ccc(OC2=NO[C@@H](c3ccc(C(=O)NCc4ccccc4)cc3)C2)cn1. The number of carbonyl (C=O) groups excluding carboxylic acids is 1. The molecule has 1 amide bonds. The fraction of sp³-hybridized carbons (Fsp3) is 0.208. The summed E-state index contributed by atoms with van der Waals surface area (Å²) >= 11 is 0. The first-order valence-corrected chi connectivity index (χ1v) is 10.0. The highest BCUT2D eigenvalue weighted by molar-refractivity contribution is 5.94. The van der Waals surface area contributed by atoms with E-state index in [4.69, 9.17) is 9.57 Å². The molecular weight excluding hydrogens is 394 g/mol. The quantitative estimate of drug-likeness (QED) is 0.634. The Labute approximate surface area is 180 Å². The van der Waals surface area contributed by atoms with E-state index in [0.717, 1.165) is 11.1 Å². The minimum atomic E-state index is -0.631. The lowest BCUT2D eigenvalue weighted by Crippen LogP contribution is -2.22. The number of rotatable bonds is 6. The number of oxime groups is 1. The number of aromatic nitrogens is 1. The zero-order valence-electron chi connectivity index (χ0n) is 17.1. The molecule has 158 valence electrons. The Morgan fingerprint density at radius 1 is 1.16 bits per heavy atom. The first-order valence-electron chi connectivity index (χ1n) is 10.0. The average Bonchev–Trinajstić information content (AvgIpc) is 3.27. The van der Waals surface area contributed by atoms with Crippen molar-refractivity contribution >= 4 is 11.8 Å². The van der Waals surface area contributed by atoms with E-state index in [2.05, 4.69) is 15.5 Å². The van der Waals surface area contributed by atoms with Crippen molar-refractivity contribution in [1.29, 1.82) is 0 Å². The topological polar surface area (TPSA) is 93.0 Å². The lowest BCUT2D eigenvalue weighted by molar-refractivity contribution is 0.0854. The first-order chi connectivity index (χ1) is 15.1. The van der Waals surface area contributed by atoms with Crippen LogP contribution in [-0.4, -0.2) is 21.9 Å². The number of aliphatic hydroxyl groups is 1. The van der Waals surface area contributed by atoms with Crippen molar-refractivity contribution in [3.05, 3.63) is 95.3 Å². The number of benzene rings is 2. The second-order valence-corrected chi connectivity index (χ2v) is 7.27. The van der Waals surface area contributed by atoms with Crippen LogP contribution in [0.3, 0.4) is 0 Å². The van der Waals surface area contributed by atoms with Gasteiger partial charge in [-0.2, -0.15) is 0 Å². The number of ether oxygens (including phenoxy) is 1.